The van der Waals surface area contributed by atoms with E-state index in [4.69, 9.17) is 5.11 Å². The lowest BCUT2D eigenvalue weighted by Crippen LogP contribution is -2.40. The summed E-state index contributed by atoms with van der Waals surface area (Å²) in [7, 11) is 2.03. The predicted molar refractivity (Wildman–Crippen MR) is 97.4 cm³/mol. The van der Waals surface area contributed by atoms with Crippen LogP contribution in [0.1, 0.15) is 37.7 Å². The minimum Gasteiger partial charge on any atom is -0.481 e. The topological polar surface area (TPSA) is 62.5 Å². The van der Waals surface area contributed by atoms with Crippen molar-refractivity contribution in [1.82, 2.24) is 9.47 Å². The second kappa shape index (κ2) is 7.72. The van der Waals surface area contributed by atoms with E-state index in [0.29, 0.717) is 25.3 Å². The number of hydrogen-bond acceptors (Lipinski definition) is 2. The van der Waals surface area contributed by atoms with Crippen LogP contribution >= 0.6 is 0 Å². The Balaban J connectivity index is 1.57. The highest BCUT2D eigenvalue weighted by Crippen LogP contribution is 2.24. The maximum Gasteiger partial charge on any atom is 0.303 e. The molecule has 25 heavy (non-hydrogen) atoms. The molecule has 5 heteroatoms. The van der Waals surface area contributed by atoms with E-state index in [2.05, 4.69) is 22.9 Å². The predicted octanol–water partition coefficient (Wildman–Crippen LogP) is 3.21. The van der Waals surface area contributed by atoms with Crippen molar-refractivity contribution >= 4 is 22.8 Å². The van der Waals surface area contributed by atoms with Gasteiger partial charge in [0.2, 0.25) is 5.91 Å². The van der Waals surface area contributed by atoms with Crippen LogP contribution in [0.25, 0.3) is 10.9 Å². The first-order valence-electron chi connectivity index (χ1n) is 9.07. The second-order valence-electron chi connectivity index (χ2n) is 7.06. The lowest BCUT2D eigenvalue weighted by molar-refractivity contribution is -0.137. The number of hydrogen-bond donors (Lipinski definition) is 1. The number of aliphatic carboxylic acids is 1. The van der Waals surface area contributed by atoms with Crippen molar-refractivity contribution in [3.63, 3.8) is 0 Å². The van der Waals surface area contributed by atoms with Gasteiger partial charge in [0, 0.05) is 50.1 Å². The number of carbonyl (C=O) groups is 2. The molecule has 1 aromatic heterocycles. The van der Waals surface area contributed by atoms with Gasteiger partial charge in [-0.3, -0.25) is 9.59 Å². The molecular weight excluding hydrogens is 316 g/mol. The molecule has 0 aliphatic carbocycles. The number of aromatic nitrogens is 1. The van der Waals surface area contributed by atoms with Gasteiger partial charge in [0.15, 0.2) is 0 Å². The zero-order valence-corrected chi connectivity index (χ0v) is 14.8. The number of fused-ring (bicyclic) bond motifs is 1. The fourth-order valence-corrected chi connectivity index (χ4v) is 3.88. The van der Waals surface area contributed by atoms with E-state index in [1.54, 1.807) is 0 Å². The Hall–Kier alpha value is -2.30. The summed E-state index contributed by atoms with van der Waals surface area (Å²) in [5.74, 6) is -0.237. The summed E-state index contributed by atoms with van der Waals surface area (Å²) in [4.78, 5) is 25.3. The first-order chi connectivity index (χ1) is 12.0. The monoisotopic (exact) mass is 342 g/mol. The number of piperidine rings is 1. The largest absolute Gasteiger partial charge is 0.481 e. The number of aryl methyl sites for hydroxylation is 2. The fraction of sp³-hybridized carbons (Fsp3) is 0.500. The van der Waals surface area contributed by atoms with E-state index in [9.17, 15) is 9.59 Å². The summed E-state index contributed by atoms with van der Waals surface area (Å²) >= 11 is 0. The minimum absolute atomic E-state index is 0.188. The van der Waals surface area contributed by atoms with Gasteiger partial charge in [-0.15, -0.1) is 0 Å². The molecule has 2 heterocycles. The molecule has 1 atom stereocenters. The standard InChI is InChI=1S/C20H26N2O3/c1-21-14-16(17-6-2-3-7-18(17)21)9-10-19(23)22-12-4-5-15(13-22)8-11-20(24)25/h2-3,6-7,14-15H,4-5,8-13H2,1H3,(H,24,25)/t15-/m1/s1. The molecule has 1 aliphatic heterocycles. The number of carbonyl (C=O) groups excluding carboxylic acids is 1. The van der Waals surface area contributed by atoms with Gasteiger partial charge >= 0.3 is 5.97 Å². The average Bonchev–Trinajstić information content (AvgIpc) is 2.94. The summed E-state index contributed by atoms with van der Waals surface area (Å²) in [6, 6.07) is 8.27. The first kappa shape index (κ1) is 17.5. The second-order valence-corrected chi connectivity index (χ2v) is 7.06. The van der Waals surface area contributed by atoms with Gasteiger partial charge in [0.05, 0.1) is 0 Å². The molecule has 1 aliphatic rings. The number of likely N-dealkylation sites (tertiary alicyclic amines) is 1. The number of benzene rings is 1. The summed E-state index contributed by atoms with van der Waals surface area (Å²) in [6.07, 6.45) is 6.25. The lowest BCUT2D eigenvalue weighted by Gasteiger charge is -2.32. The van der Waals surface area contributed by atoms with Gasteiger partial charge in [-0.2, -0.15) is 0 Å². The highest BCUT2D eigenvalue weighted by atomic mass is 16.4. The van der Waals surface area contributed by atoms with Crippen molar-refractivity contribution in [2.75, 3.05) is 13.1 Å². The smallest absolute Gasteiger partial charge is 0.303 e. The Morgan fingerprint density at radius 1 is 1.24 bits per heavy atom. The van der Waals surface area contributed by atoms with Crippen molar-refractivity contribution in [2.45, 2.75) is 38.5 Å². The van der Waals surface area contributed by atoms with Gasteiger partial charge in [-0.25, -0.2) is 0 Å². The lowest BCUT2D eigenvalue weighted by atomic mass is 9.93. The van der Waals surface area contributed by atoms with Crippen LogP contribution in [-0.2, 0) is 23.1 Å². The van der Waals surface area contributed by atoms with Gasteiger partial charge in [-0.05, 0) is 43.2 Å². The van der Waals surface area contributed by atoms with Crippen LogP contribution in [0.2, 0.25) is 0 Å². The van der Waals surface area contributed by atoms with Crippen molar-refractivity contribution in [2.24, 2.45) is 13.0 Å². The van der Waals surface area contributed by atoms with E-state index in [1.807, 2.05) is 24.1 Å². The molecular formula is C20H26N2O3. The van der Waals surface area contributed by atoms with Crippen molar-refractivity contribution in [3.05, 3.63) is 36.0 Å². The normalized spacial score (nSPS) is 17.8. The quantitative estimate of drug-likeness (QED) is 0.877. The van der Waals surface area contributed by atoms with Crippen LogP contribution in [0.15, 0.2) is 30.5 Å². The molecule has 1 amide bonds. The molecule has 134 valence electrons. The highest BCUT2D eigenvalue weighted by molar-refractivity contribution is 5.85. The van der Waals surface area contributed by atoms with E-state index in [-0.39, 0.29) is 12.3 Å². The van der Waals surface area contributed by atoms with E-state index in [1.165, 1.54) is 16.5 Å². The molecule has 0 unspecified atom stereocenters. The summed E-state index contributed by atoms with van der Waals surface area (Å²) < 4.78 is 2.11. The molecule has 1 aromatic carbocycles. The molecule has 5 nitrogen and oxygen atoms in total. The van der Waals surface area contributed by atoms with Crippen LogP contribution in [0, 0.1) is 5.92 Å². The Morgan fingerprint density at radius 2 is 2.04 bits per heavy atom. The number of carboxylic acid groups (broad SMARTS) is 1. The van der Waals surface area contributed by atoms with Crippen LogP contribution in [0.3, 0.4) is 0 Å². The van der Waals surface area contributed by atoms with Crippen LogP contribution in [-0.4, -0.2) is 39.5 Å². The Morgan fingerprint density at radius 3 is 2.84 bits per heavy atom. The Bertz CT molecular complexity index is 765. The maximum atomic E-state index is 12.6. The minimum atomic E-state index is -0.751. The zero-order valence-electron chi connectivity index (χ0n) is 14.8. The number of amides is 1. The average molecular weight is 342 g/mol. The fourth-order valence-electron chi connectivity index (χ4n) is 3.88. The maximum absolute atomic E-state index is 12.6. The van der Waals surface area contributed by atoms with Crippen LogP contribution < -0.4 is 0 Å². The number of para-hydroxylation sites is 1. The molecule has 0 radical (unpaired) electrons. The van der Waals surface area contributed by atoms with E-state index < -0.39 is 5.97 Å². The Kier molecular flexibility index (Phi) is 5.41. The summed E-state index contributed by atoms with van der Waals surface area (Å²) in [5, 5.41) is 10.1. The third kappa shape index (κ3) is 4.21. The van der Waals surface area contributed by atoms with E-state index >= 15 is 0 Å². The molecule has 0 saturated carbocycles. The Labute approximate surface area is 148 Å². The van der Waals surface area contributed by atoms with Gasteiger partial charge in [0.25, 0.3) is 0 Å². The van der Waals surface area contributed by atoms with Gasteiger partial charge in [-0.1, -0.05) is 18.2 Å². The number of nitrogens with zero attached hydrogens (tertiary/aromatic N) is 2. The molecule has 1 N–H and O–H groups in total. The highest BCUT2D eigenvalue weighted by Gasteiger charge is 2.24. The molecule has 2 aromatic rings. The zero-order chi connectivity index (χ0) is 17.8. The van der Waals surface area contributed by atoms with Crippen LogP contribution in [0.5, 0.6) is 0 Å². The molecule has 1 fully saturated rings. The summed E-state index contributed by atoms with van der Waals surface area (Å²) in [5.41, 5.74) is 2.41. The number of carboxylic acids is 1. The van der Waals surface area contributed by atoms with E-state index in [0.717, 1.165) is 25.8 Å². The van der Waals surface area contributed by atoms with Crippen molar-refractivity contribution in [1.29, 1.82) is 0 Å². The SMILES string of the molecule is Cn1cc(CCC(=O)N2CCC[C@H](CCC(=O)O)C2)c2ccccc21. The van der Waals surface area contributed by atoms with Gasteiger partial charge < -0.3 is 14.6 Å². The third-order valence-corrected chi connectivity index (χ3v) is 5.23. The summed E-state index contributed by atoms with van der Waals surface area (Å²) in [6.45, 7) is 1.51. The van der Waals surface area contributed by atoms with Crippen molar-refractivity contribution < 1.29 is 14.7 Å². The third-order valence-electron chi connectivity index (χ3n) is 5.23. The van der Waals surface area contributed by atoms with Gasteiger partial charge in [0.1, 0.15) is 0 Å². The van der Waals surface area contributed by atoms with Crippen LogP contribution in [0.4, 0.5) is 0 Å². The molecule has 0 bridgehead atoms. The first-order valence-corrected chi connectivity index (χ1v) is 9.07. The molecule has 1 saturated heterocycles. The molecule has 3 rings (SSSR count). The van der Waals surface area contributed by atoms with Crippen molar-refractivity contribution in [3.8, 4) is 0 Å². The number of rotatable bonds is 6. The molecule has 0 spiro atoms.